The van der Waals surface area contributed by atoms with Gasteiger partial charge < -0.3 is 20.6 Å². The maximum absolute atomic E-state index is 13.0. The average molecular weight is 406 g/mol. The molecule has 8 heteroatoms. The summed E-state index contributed by atoms with van der Waals surface area (Å²) >= 11 is 1.57. The molecule has 4 unspecified atom stereocenters. The van der Waals surface area contributed by atoms with Crippen molar-refractivity contribution >= 4 is 29.5 Å². The van der Waals surface area contributed by atoms with Crippen LogP contribution in [0.25, 0.3) is 0 Å². The molecule has 2 aliphatic rings. The first-order valence-corrected chi connectivity index (χ1v) is 10.6. The molecule has 2 aliphatic heterocycles. The van der Waals surface area contributed by atoms with Crippen molar-refractivity contribution in [2.75, 3.05) is 12.4 Å². The number of benzene rings is 1. The van der Waals surface area contributed by atoms with Crippen molar-refractivity contribution in [3.63, 3.8) is 0 Å². The second-order valence-electron chi connectivity index (χ2n) is 7.78. The number of aliphatic hydroxyl groups is 1. The van der Waals surface area contributed by atoms with E-state index in [2.05, 4.69) is 10.6 Å². The molecule has 0 spiro atoms. The van der Waals surface area contributed by atoms with E-state index in [0.717, 1.165) is 5.56 Å². The van der Waals surface area contributed by atoms with E-state index in [1.54, 1.807) is 29.7 Å². The molecule has 0 aromatic heterocycles. The Kier molecular flexibility index (Phi) is 6.30. The maximum Gasteiger partial charge on any atom is 0.256 e. The van der Waals surface area contributed by atoms with Crippen LogP contribution in [-0.2, 0) is 9.59 Å². The summed E-state index contributed by atoms with van der Waals surface area (Å²) < 4.78 is 0. The number of carbonyl (C=O) groups is 3. The van der Waals surface area contributed by atoms with Gasteiger partial charge in [-0.25, -0.2) is 0 Å². The number of aliphatic hydroxyl groups excluding tert-OH is 1. The molecule has 0 bridgehead atoms. The second kappa shape index (κ2) is 8.53. The van der Waals surface area contributed by atoms with E-state index >= 15 is 0 Å². The van der Waals surface area contributed by atoms with Crippen molar-refractivity contribution in [1.29, 1.82) is 0 Å². The third kappa shape index (κ3) is 4.03. The molecular weight excluding hydrogens is 378 g/mol. The molecule has 4 atom stereocenters. The van der Waals surface area contributed by atoms with Crippen LogP contribution in [0, 0.1) is 5.92 Å². The lowest BCUT2D eigenvalue weighted by Crippen LogP contribution is -2.55. The fraction of sp³-hybridized carbons (Fsp3) is 0.550. The van der Waals surface area contributed by atoms with E-state index in [-0.39, 0.29) is 41.7 Å². The van der Waals surface area contributed by atoms with E-state index < -0.39 is 12.1 Å². The van der Waals surface area contributed by atoms with E-state index in [9.17, 15) is 19.5 Å². The summed E-state index contributed by atoms with van der Waals surface area (Å²) in [5, 5.41) is 14.6. The molecule has 1 fully saturated rings. The zero-order valence-corrected chi connectivity index (χ0v) is 17.2. The number of thioether (sulfide) groups is 1. The molecule has 3 rings (SSSR count). The number of nitrogens with zero attached hydrogens (tertiary/aromatic N) is 1. The molecular formula is C20H27N3O4S. The lowest BCUT2D eigenvalue weighted by molar-refractivity contribution is -0.131. The Bertz CT molecular complexity index is 770. The lowest BCUT2D eigenvalue weighted by atomic mass is 10.0. The number of hydrogen-bond acceptors (Lipinski definition) is 5. The molecule has 0 saturated carbocycles. The molecule has 0 aliphatic carbocycles. The van der Waals surface area contributed by atoms with Crippen molar-refractivity contribution in [2.45, 2.75) is 50.7 Å². The Morgan fingerprint density at radius 3 is 2.64 bits per heavy atom. The van der Waals surface area contributed by atoms with Crippen LogP contribution in [-0.4, -0.2) is 58.2 Å². The highest BCUT2D eigenvalue weighted by Crippen LogP contribution is 2.48. The molecule has 1 aromatic carbocycles. The van der Waals surface area contributed by atoms with E-state index in [4.69, 9.17) is 0 Å². The number of nitrogens with one attached hydrogen (secondary N) is 2. The fourth-order valence-corrected chi connectivity index (χ4v) is 5.07. The number of amides is 3. The van der Waals surface area contributed by atoms with E-state index in [1.807, 2.05) is 32.0 Å². The van der Waals surface area contributed by atoms with Gasteiger partial charge in [-0.2, -0.15) is 0 Å². The summed E-state index contributed by atoms with van der Waals surface area (Å²) in [6.07, 6.45) is 0.479. The molecule has 0 radical (unpaired) electrons. The number of carbonyl (C=O) groups excluding carboxylic acids is 3. The molecule has 28 heavy (non-hydrogen) atoms. The molecule has 3 amide bonds. The van der Waals surface area contributed by atoms with Gasteiger partial charge in [-0.1, -0.05) is 32.0 Å². The van der Waals surface area contributed by atoms with Crippen LogP contribution in [0.3, 0.4) is 0 Å². The van der Waals surface area contributed by atoms with Gasteiger partial charge in [0.25, 0.3) is 5.91 Å². The zero-order valence-electron chi connectivity index (χ0n) is 16.3. The zero-order chi connectivity index (χ0) is 20.4. The number of hydrogen-bond donors (Lipinski definition) is 3. The van der Waals surface area contributed by atoms with Crippen LogP contribution in [0.15, 0.2) is 24.3 Å². The molecule has 152 valence electrons. The summed E-state index contributed by atoms with van der Waals surface area (Å²) in [6, 6.07) is 5.74. The van der Waals surface area contributed by atoms with Crippen LogP contribution in [0.4, 0.5) is 0 Å². The summed E-state index contributed by atoms with van der Waals surface area (Å²) in [7, 11) is 0. The van der Waals surface area contributed by atoms with Gasteiger partial charge >= 0.3 is 0 Å². The Hall–Kier alpha value is -2.06. The maximum atomic E-state index is 13.0. The minimum atomic E-state index is -0.703. The van der Waals surface area contributed by atoms with Gasteiger partial charge in [0, 0.05) is 17.4 Å². The van der Waals surface area contributed by atoms with Gasteiger partial charge in [-0.05, 0) is 30.9 Å². The number of fused-ring (bicyclic) bond motifs is 3. The molecule has 1 aromatic rings. The van der Waals surface area contributed by atoms with Crippen molar-refractivity contribution in [3.8, 4) is 0 Å². The Morgan fingerprint density at radius 2 is 1.96 bits per heavy atom. The Morgan fingerprint density at radius 1 is 1.25 bits per heavy atom. The highest BCUT2D eigenvalue weighted by molar-refractivity contribution is 7.99. The minimum absolute atomic E-state index is 0.135. The summed E-state index contributed by atoms with van der Waals surface area (Å²) in [6.45, 7) is 5.48. The first-order chi connectivity index (χ1) is 13.3. The third-order valence-corrected chi connectivity index (χ3v) is 6.30. The standard InChI is InChI=1S/C20H27N3O4S/c1-11(2)8-15(17(25)21-12(3)9-24)22-18(26)16-10-28-20-14-7-5-4-6-13(14)19(27)23(16)20/h4-7,11-12,15-16,20,24H,8-10H2,1-3H3,(H,21,25)(H,22,26). The normalized spacial score (nSPS) is 22.6. The summed E-state index contributed by atoms with van der Waals surface area (Å²) in [5.41, 5.74) is 1.59. The van der Waals surface area contributed by atoms with Crippen LogP contribution in [0.5, 0.6) is 0 Å². The van der Waals surface area contributed by atoms with Gasteiger partial charge in [0.2, 0.25) is 11.8 Å². The van der Waals surface area contributed by atoms with Crippen molar-refractivity contribution in [2.24, 2.45) is 5.92 Å². The number of rotatable bonds is 7. The van der Waals surface area contributed by atoms with E-state index in [1.165, 1.54) is 0 Å². The van der Waals surface area contributed by atoms with Crippen LogP contribution in [0.2, 0.25) is 0 Å². The average Bonchev–Trinajstić information content (AvgIpc) is 3.21. The van der Waals surface area contributed by atoms with Crippen LogP contribution in [0.1, 0.15) is 48.5 Å². The van der Waals surface area contributed by atoms with Gasteiger partial charge in [0.05, 0.1) is 6.61 Å². The van der Waals surface area contributed by atoms with Crippen molar-refractivity contribution in [1.82, 2.24) is 15.5 Å². The largest absolute Gasteiger partial charge is 0.394 e. The SMILES string of the molecule is CC(C)CC(NC(=O)C1CSC2c3ccccc3C(=O)N12)C(=O)NC(C)CO. The predicted octanol–water partition coefficient (Wildman–Crippen LogP) is 1.28. The van der Waals surface area contributed by atoms with Gasteiger partial charge in [0.15, 0.2) is 0 Å². The first kappa shape index (κ1) is 20.7. The minimum Gasteiger partial charge on any atom is -0.394 e. The topological polar surface area (TPSA) is 98.7 Å². The monoisotopic (exact) mass is 405 g/mol. The van der Waals surface area contributed by atoms with Crippen LogP contribution < -0.4 is 10.6 Å². The molecule has 2 heterocycles. The van der Waals surface area contributed by atoms with Crippen molar-refractivity contribution in [3.05, 3.63) is 35.4 Å². The first-order valence-electron chi connectivity index (χ1n) is 9.58. The highest BCUT2D eigenvalue weighted by Gasteiger charge is 2.48. The van der Waals surface area contributed by atoms with Gasteiger partial charge in [-0.15, -0.1) is 11.8 Å². The van der Waals surface area contributed by atoms with Crippen molar-refractivity contribution < 1.29 is 19.5 Å². The van der Waals surface area contributed by atoms with Gasteiger partial charge in [-0.3, -0.25) is 14.4 Å². The summed E-state index contributed by atoms with van der Waals surface area (Å²) in [4.78, 5) is 40.0. The van der Waals surface area contributed by atoms with Crippen LogP contribution >= 0.6 is 11.8 Å². The fourth-order valence-electron chi connectivity index (χ4n) is 3.60. The Balaban J connectivity index is 1.72. The highest BCUT2D eigenvalue weighted by atomic mass is 32.2. The molecule has 1 saturated heterocycles. The van der Waals surface area contributed by atoms with Gasteiger partial charge in [0.1, 0.15) is 17.5 Å². The third-order valence-electron chi connectivity index (χ3n) is 5.00. The Labute approximate surface area is 169 Å². The summed E-state index contributed by atoms with van der Waals surface area (Å²) in [5.74, 6) is -0.0663. The smallest absolute Gasteiger partial charge is 0.256 e. The lowest BCUT2D eigenvalue weighted by Gasteiger charge is -2.26. The second-order valence-corrected chi connectivity index (χ2v) is 8.90. The predicted molar refractivity (Wildman–Crippen MR) is 108 cm³/mol. The van der Waals surface area contributed by atoms with E-state index in [0.29, 0.717) is 17.7 Å². The molecule has 7 nitrogen and oxygen atoms in total. The quantitative estimate of drug-likeness (QED) is 0.635. The molecule has 3 N–H and O–H groups in total.